The molecule has 2 N–H and O–H groups in total. The van der Waals surface area contributed by atoms with Crippen LogP contribution in [0.1, 0.15) is 19.8 Å². The SMILES string of the molecule is CCOc1nc(-c2n[nH]c3ccc(NC)cc23)ccc1OC1CC1. The molecule has 0 unspecified atom stereocenters. The van der Waals surface area contributed by atoms with Crippen molar-refractivity contribution in [2.75, 3.05) is 19.0 Å². The smallest absolute Gasteiger partial charge is 0.257 e. The van der Waals surface area contributed by atoms with Gasteiger partial charge in [-0.15, -0.1) is 0 Å². The topological polar surface area (TPSA) is 72.1 Å². The zero-order valence-electron chi connectivity index (χ0n) is 13.8. The number of hydrogen-bond donors (Lipinski definition) is 2. The highest BCUT2D eigenvalue weighted by Gasteiger charge is 2.25. The molecule has 0 radical (unpaired) electrons. The summed E-state index contributed by atoms with van der Waals surface area (Å²) in [5, 5.41) is 11.7. The minimum atomic E-state index is 0.307. The van der Waals surface area contributed by atoms with E-state index in [1.807, 2.05) is 38.2 Å². The van der Waals surface area contributed by atoms with E-state index in [1.165, 1.54) is 0 Å². The second-order valence-electron chi connectivity index (χ2n) is 5.83. The van der Waals surface area contributed by atoms with E-state index in [9.17, 15) is 0 Å². The molecular formula is C18H20N4O2. The molecule has 0 atom stereocenters. The highest BCUT2D eigenvalue weighted by Crippen LogP contribution is 2.35. The quantitative estimate of drug-likeness (QED) is 0.725. The Morgan fingerprint density at radius 2 is 2.12 bits per heavy atom. The van der Waals surface area contributed by atoms with Gasteiger partial charge < -0.3 is 14.8 Å². The van der Waals surface area contributed by atoms with Gasteiger partial charge in [-0.1, -0.05) is 0 Å². The zero-order valence-corrected chi connectivity index (χ0v) is 13.8. The fraction of sp³-hybridized carbons (Fsp3) is 0.333. The monoisotopic (exact) mass is 324 g/mol. The number of benzene rings is 1. The zero-order chi connectivity index (χ0) is 16.5. The number of pyridine rings is 1. The summed E-state index contributed by atoms with van der Waals surface area (Å²) in [5.74, 6) is 1.24. The summed E-state index contributed by atoms with van der Waals surface area (Å²) in [6, 6.07) is 9.93. The standard InChI is InChI=1S/C18H20N4O2/c1-3-23-18-16(24-12-5-6-12)9-8-15(20-18)17-13-10-11(19-2)4-7-14(13)21-22-17/h4,7-10,12,19H,3,5-6H2,1-2H3,(H,21,22). The number of fused-ring (bicyclic) bond motifs is 1. The minimum absolute atomic E-state index is 0.307. The summed E-state index contributed by atoms with van der Waals surface area (Å²) in [6.07, 6.45) is 2.51. The van der Waals surface area contributed by atoms with Crippen LogP contribution in [-0.2, 0) is 0 Å². The number of nitrogens with one attached hydrogen (secondary N) is 2. The van der Waals surface area contributed by atoms with Crippen LogP contribution in [0.2, 0.25) is 0 Å². The third-order valence-electron chi connectivity index (χ3n) is 4.02. The van der Waals surface area contributed by atoms with Crippen molar-refractivity contribution in [3.63, 3.8) is 0 Å². The molecule has 0 spiro atoms. The Morgan fingerprint density at radius 3 is 2.88 bits per heavy atom. The number of aromatic nitrogens is 3. The van der Waals surface area contributed by atoms with Crippen LogP contribution in [0, 0.1) is 0 Å². The molecule has 124 valence electrons. The van der Waals surface area contributed by atoms with Crippen molar-refractivity contribution in [3.05, 3.63) is 30.3 Å². The molecular weight excluding hydrogens is 304 g/mol. The van der Waals surface area contributed by atoms with Crippen molar-refractivity contribution in [2.24, 2.45) is 0 Å². The molecule has 24 heavy (non-hydrogen) atoms. The highest BCUT2D eigenvalue weighted by atomic mass is 16.5. The van der Waals surface area contributed by atoms with Gasteiger partial charge in [0.1, 0.15) is 5.69 Å². The minimum Gasteiger partial charge on any atom is -0.485 e. The molecule has 2 aromatic heterocycles. The number of rotatable bonds is 6. The first kappa shape index (κ1) is 14.8. The van der Waals surface area contributed by atoms with Gasteiger partial charge in [-0.25, -0.2) is 4.98 Å². The van der Waals surface area contributed by atoms with Crippen LogP contribution in [0.3, 0.4) is 0 Å². The van der Waals surface area contributed by atoms with Crippen molar-refractivity contribution < 1.29 is 9.47 Å². The molecule has 6 nitrogen and oxygen atoms in total. The van der Waals surface area contributed by atoms with E-state index in [0.717, 1.165) is 40.8 Å². The van der Waals surface area contributed by atoms with Gasteiger partial charge in [-0.2, -0.15) is 5.10 Å². The number of aromatic amines is 1. The van der Waals surface area contributed by atoms with Crippen LogP contribution < -0.4 is 14.8 Å². The number of anilines is 1. The lowest BCUT2D eigenvalue weighted by molar-refractivity contribution is 0.260. The summed E-state index contributed by atoms with van der Waals surface area (Å²) >= 11 is 0. The maximum atomic E-state index is 5.88. The molecule has 0 aliphatic heterocycles. The van der Waals surface area contributed by atoms with Crippen LogP contribution in [0.4, 0.5) is 5.69 Å². The first-order valence-corrected chi connectivity index (χ1v) is 8.25. The van der Waals surface area contributed by atoms with Crippen molar-refractivity contribution in [2.45, 2.75) is 25.9 Å². The Bertz CT molecular complexity index is 871. The molecule has 0 amide bonds. The Hall–Kier alpha value is -2.76. The highest BCUT2D eigenvalue weighted by molar-refractivity contribution is 5.94. The number of H-pyrrole nitrogens is 1. The first-order chi connectivity index (χ1) is 11.8. The number of hydrogen-bond acceptors (Lipinski definition) is 5. The van der Waals surface area contributed by atoms with E-state index in [1.54, 1.807) is 0 Å². The first-order valence-electron chi connectivity index (χ1n) is 8.25. The summed E-state index contributed by atoms with van der Waals surface area (Å²) in [7, 11) is 1.90. The van der Waals surface area contributed by atoms with Crippen molar-refractivity contribution in [1.82, 2.24) is 15.2 Å². The molecule has 0 saturated heterocycles. The van der Waals surface area contributed by atoms with E-state index < -0.39 is 0 Å². The molecule has 1 fully saturated rings. The lowest BCUT2D eigenvalue weighted by Crippen LogP contribution is -2.03. The average Bonchev–Trinajstić information content (AvgIpc) is 3.32. The molecule has 0 bridgehead atoms. The predicted octanol–water partition coefficient (Wildman–Crippen LogP) is 3.61. The van der Waals surface area contributed by atoms with E-state index in [-0.39, 0.29) is 0 Å². The van der Waals surface area contributed by atoms with Crippen molar-refractivity contribution in [1.29, 1.82) is 0 Å². The lowest BCUT2D eigenvalue weighted by atomic mass is 10.1. The second-order valence-corrected chi connectivity index (χ2v) is 5.83. The fourth-order valence-electron chi connectivity index (χ4n) is 2.62. The molecule has 4 rings (SSSR count). The molecule has 2 heterocycles. The van der Waals surface area contributed by atoms with E-state index in [2.05, 4.69) is 26.6 Å². The Balaban J connectivity index is 1.76. The van der Waals surface area contributed by atoms with Gasteiger partial charge in [-0.3, -0.25) is 5.10 Å². The van der Waals surface area contributed by atoms with Gasteiger partial charge in [0.15, 0.2) is 5.75 Å². The third-order valence-corrected chi connectivity index (χ3v) is 4.02. The Labute approximate surface area is 140 Å². The van der Waals surface area contributed by atoms with Gasteiger partial charge in [0, 0.05) is 18.1 Å². The molecule has 1 aromatic carbocycles. The normalized spacial score (nSPS) is 13.9. The summed E-state index contributed by atoms with van der Waals surface area (Å²) in [6.45, 7) is 2.49. The van der Waals surface area contributed by atoms with Crippen molar-refractivity contribution in [3.8, 4) is 23.0 Å². The predicted molar refractivity (Wildman–Crippen MR) is 93.7 cm³/mol. The molecule has 6 heteroatoms. The summed E-state index contributed by atoms with van der Waals surface area (Å²) in [4.78, 5) is 4.64. The Kier molecular flexibility index (Phi) is 3.72. The van der Waals surface area contributed by atoms with Gasteiger partial charge in [0.25, 0.3) is 5.88 Å². The third kappa shape index (κ3) is 2.75. The van der Waals surface area contributed by atoms with Crippen LogP contribution in [0.5, 0.6) is 11.6 Å². The number of ether oxygens (including phenoxy) is 2. The van der Waals surface area contributed by atoms with E-state index in [4.69, 9.17) is 9.47 Å². The van der Waals surface area contributed by atoms with Gasteiger partial charge in [-0.05, 0) is 50.1 Å². The van der Waals surface area contributed by atoms with Gasteiger partial charge in [0.2, 0.25) is 0 Å². The fourth-order valence-corrected chi connectivity index (χ4v) is 2.62. The molecule has 1 aliphatic rings. The van der Waals surface area contributed by atoms with Crippen LogP contribution in [0.15, 0.2) is 30.3 Å². The van der Waals surface area contributed by atoms with E-state index in [0.29, 0.717) is 24.3 Å². The van der Waals surface area contributed by atoms with Crippen LogP contribution in [0.25, 0.3) is 22.3 Å². The van der Waals surface area contributed by atoms with Crippen LogP contribution >= 0.6 is 0 Å². The molecule has 3 aromatic rings. The molecule has 1 saturated carbocycles. The summed E-state index contributed by atoms with van der Waals surface area (Å²) < 4.78 is 11.6. The largest absolute Gasteiger partial charge is 0.485 e. The van der Waals surface area contributed by atoms with Gasteiger partial charge >= 0.3 is 0 Å². The average molecular weight is 324 g/mol. The maximum Gasteiger partial charge on any atom is 0.257 e. The lowest BCUT2D eigenvalue weighted by Gasteiger charge is -2.11. The summed E-state index contributed by atoms with van der Waals surface area (Å²) in [5.41, 5.74) is 3.58. The van der Waals surface area contributed by atoms with Crippen LogP contribution in [-0.4, -0.2) is 34.9 Å². The Morgan fingerprint density at radius 1 is 1.25 bits per heavy atom. The maximum absolute atomic E-state index is 5.88. The van der Waals surface area contributed by atoms with E-state index >= 15 is 0 Å². The molecule has 1 aliphatic carbocycles. The second kappa shape index (κ2) is 6.03. The van der Waals surface area contributed by atoms with Gasteiger partial charge in [0.05, 0.1) is 23.9 Å². The van der Waals surface area contributed by atoms with Crippen molar-refractivity contribution >= 4 is 16.6 Å². The number of nitrogens with zero attached hydrogens (tertiary/aromatic N) is 2.